The van der Waals surface area contributed by atoms with Crippen molar-refractivity contribution in [2.75, 3.05) is 0 Å². The summed E-state index contributed by atoms with van der Waals surface area (Å²) in [5.74, 6) is 0.632. The van der Waals surface area contributed by atoms with Gasteiger partial charge < -0.3 is 0 Å². The Morgan fingerprint density at radius 1 is 0.818 bits per heavy atom. The van der Waals surface area contributed by atoms with E-state index in [0.717, 1.165) is 0 Å². The highest BCUT2D eigenvalue weighted by Gasteiger charge is 2.42. The van der Waals surface area contributed by atoms with Gasteiger partial charge in [-0.15, -0.1) is 0 Å². The summed E-state index contributed by atoms with van der Waals surface area (Å²) in [6.45, 7) is 18.8. The fraction of sp³-hybridized carbons (Fsp3) is 0.524. The molecular formula is C21H32Si. The van der Waals surface area contributed by atoms with Crippen LogP contribution >= 0.6 is 0 Å². The van der Waals surface area contributed by atoms with Crippen LogP contribution in [0.2, 0.25) is 12.1 Å². The molecule has 1 aliphatic rings. The molecule has 1 atom stereocenters. The maximum Gasteiger partial charge on any atom is 0.114 e. The number of aryl methyl sites for hydroxylation is 2. The van der Waals surface area contributed by atoms with Gasteiger partial charge in [-0.25, -0.2) is 0 Å². The monoisotopic (exact) mass is 312 g/mol. The molecule has 0 saturated heterocycles. The highest BCUT2D eigenvalue weighted by molar-refractivity contribution is 6.97. The van der Waals surface area contributed by atoms with Crippen LogP contribution in [0.15, 0.2) is 40.1 Å². The highest BCUT2D eigenvalue weighted by Crippen LogP contribution is 2.43. The van der Waals surface area contributed by atoms with Crippen molar-refractivity contribution < 1.29 is 0 Å². The van der Waals surface area contributed by atoms with E-state index < -0.39 is 8.07 Å². The first-order valence-corrected chi connectivity index (χ1v) is 11.2. The first-order chi connectivity index (χ1) is 10.3. The predicted molar refractivity (Wildman–Crippen MR) is 103 cm³/mol. The molecule has 2 rings (SSSR count). The zero-order valence-electron chi connectivity index (χ0n) is 15.7. The van der Waals surface area contributed by atoms with Gasteiger partial charge in [0, 0.05) is 0 Å². The lowest BCUT2D eigenvalue weighted by Gasteiger charge is -2.36. The van der Waals surface area contributed by atoms with Crippen LogP contribution in [0, 0.1) is 19.8 Å². The smallest absolute Gasteiger partial charge is 0.0672 e. The van der Waals surface area contributed by atoms with Crippen molar-refractivity contribution in [1.82, 2.24) is 0 Å². The van der Waals surface area contributed by atoms with E-state index >= 15 is 0 Å². The maximum atomic E-state index is 2.47. The lowest BCUT2D eigenvalue weighted by molar-refractivity contribution is 0.844. The standard InChI is InChI=1S/C21H32Si/c1-9-22(10-2,20-12-14(3)11-15(4)13-20)21-18(7)16(5)17(6)19(21)8/h11-13,18H,9-10H2,1-8H3. The molecule has 0 aromatic heterocycles. The summed E-state index contributed by atoms with van der Waals surface area (Å²) < 4.78 is 0. The Morgan fingerprint density at radius 2 is 1.32 bits per heavy atom. The van der Waals surface area contributed by atoms with Gasteiger partial charge in [0.15, 0.2) is 0 Å². The quantitative estimate of drug-likeness (QED) is 0.613. The van der Waals surface area contributed by atoms with E-state index in [1.165, 1.54) is 23.2 Å². The van der Waals surface area contributed by atoms with Crippen molar-refractivity contribution in [2.24, 2.45) is 5.92 Å². The number of hydrogen-bond acceptors (Lipinski definition) is 0. The van der Waals surface area contributed by atoms with Gasteiger partial charge in [-0.2, -0.15) is 0 Å². The van der Waals surface area contributed by atoms with E-state index in [0.29, 0.717) is 5.92 Å². The van der Waals surface area contributed by atoms with E-state index in [2.05, 4.69) is 73.6 Å². The second-order valence-electron chi connectivity index (χ2n) is 7.23. The molecule has 0 fully saturated rings. The van der Waals surface area contributed by atoms with Crippen molar-refractivity contribution >= 4 is 13.3 Å². The third-order valence-electron chi connectivity index (χ3n) is 6.14. The molecule has 0 bridgehead atoms. The summed E-state index contributed by atoms with van der Waals surface area (Å²) in [5, 5.41) is 3.45. The molecule has 22 heavy (non-hydrogen) atoms. The molecular weight excluding hydrogens is 280 g/mol. The number of benzene rings is 1. The number of hydrogen-bond donors (Lipinski definition) is 0. The van der Waals surface area contributed by atoms with E-state index in [1.807, 2.05) is 0 Å². The molecule has 1 heteroatoms. The lowest BCUT2D eigenvalue weighted by Crippen LogP contribution is -2.50. The van der Waals surface area contributed by atoms with Gasteiger partial charge in [-0.1, -0.05) is 83.7 Å². The molecule has 0 spiro atoms. The van der Waals surface area contributed by atoms with Crippen LogP contribution in [0.25, 0.3) is 0 Å². The Kier molecular flexibility index (Phi) is 4.86. The van der Waals surface area contributed by atoms with Gasteiger partial charge in [0.1, 0.15) is 8.07 Å². The molecule has 0 nitrogen and oxygen atoms in total. The van der Waals surface area contributed by atoms with Crippen LogP contribution < -0.4 is 5.19 Å². The van der Waals surface area contributed by atoms with E-state index in [-0.39, 0.29) is 0 Å². The van der Waals surface area contributed by atoms with Crippen LogP contribution in [-0.2, 0) is 0 Å². The summed E-state index contributed by atoms with van der Waals surface area (Å²) in [7, 11) is -1.62. The van der Waals surface area contributed by atoms with Crippen molar-refractivity contribution in [2.45, 2.75) is 67.5 Å². The number of allylic oxidation sites excluding steroid dienone is 4. The van der Waals surface area contributed by atoms with Crippen molar-refractivity contribution in [3.8, 4) is 0 Å². The Labute approximate surface area is 138 Å². The summed E-state index contributed by atoms with van der Waals surface area (Å²) in [4.78, 5) is 0. The van der Waals surface area contributed by atoms with E-state index in [1.54, 1.807) is 27.1 Å². The Bertz CT molecular complexity index is 622. The second-order valence-corrected chi connectivity index (χ2v) is 11.9. The average molecular weight is 313 g/mol. The molecule has 0 radical (unpaired) electrons. The van der Waals surface area contributed by atoms with E-state index in [9.17, 15) is 0 Å². The fourth-order valence-electron chi connectivity index (χ4n) is 4.58. The molecule has 0 amide bonds. The van der Waals surface area contributed by atoms with Crippen LogP contribution in [0.4, 0.5) is 0 Å². The molecule has 1 aromatic rings. The SMILES string of the molecule is CC[Si](CC)(C1=C(C)C(C)=C(C)C1C)c1cc(C)cc(C)c1. The van der Waals surface area contributed by atoms with Crippen molar-refractivity contribution in [3.05, 3.63) is 51.2 Å². The van der Waals surface area contributed by atoms with Gasteiger partial charge in [0.2, 0.25) is 0 Å². The first kappa shape index (κ1) is 17.3. The normalized spacial score (nSPS) is 19.4. The van der Waals surface area contributed by atoms with Gasteiger partial charge in [0.25, 0.3) is 0 Å². The summed E-state index contributed by atoms with van der Waals surface area (Å²) >= 11 is 0. The third kappa shape index (κ3) is 2.54. The molecule has 1 aromatic carbocycles. The molecule has 1 unspecified atom stereocenters. The topological polar surface area (TPSA) is 0 Å². The minimum atomic E-state index is -1.62. The zero-order chi connectivity index (χ0) is 16.7. The predicted octanol–water partition coefficient (Wildman–Crippen LogP) is 5.84. The van der Waals surface area contributed by atoms with Crippen LogP contribution in [-0.4, -0.2) is 8.07 Å². The fourth-order valence-corrected chi connectivity index (χ4v) is 9.93. The lowest BCUT2D eigenvalue weighted by atomic mass is 10.1. The number of rotatable bonds is 4. The summed E-state index contributed by atoms with van der Waals surface area (Å²) in [5.41, 5.74) is 7.57. The minimum Gasteiger partial charge on any atom is -0.0672 e. The third-order valence-corrected chi connectivity index (χ3v) is 11.8. The van der Waals surface area contributed by atoms with Crippen LogP contribution in [0.3, 0.4) is 0 Å². The van der Waals surface area contributed by atoms with Gasteiger partial charge >= 0.3 is 0 Å². The largest absolute Gasteiger partial charge is 0.114 e. The molecule has 0 N–H and O–H groups in total. The molecule has 0 heterocycles. The molecule has 1 aliphatic carbocycles. The Balaban J connectivity index is 2.70. The van der Waals surface area contributed by atoms with Gasteiger partial charge in [-0.3, -0.25) is 0 Å². The first-order valence-electron chi connectivity index (χ1n) is 8.76. The Hall–Kier alpha value is -1.08. The maximum absolute atomic E-state index is 2.47. The highest BCUT2D eigenvalue weighted by atomic mass is 28.3. The molecule has 0 aliphatic heterocycles. The summed E-state index contributed by atoms with van der Waals surface area (Å²) in [6, 6.07) is 9.88. The van der Waals surface area contributed by atoms with E-state index in [4.69, 9.17) is 0 Å². The molecule has 120 valence electrons. The van der Waals surface area contributed by atoms with Crippen LogP contribution in [0.1, 0.15) is 52.7 Å². The summed E-state index contributed by atoms with van der Waals surface area (Å²) in [6.07, 6.45) is 0. The minimum absolute atomic E-state index is 0.632. The second kappa shape index (κ2) is 6.20. The van der Waals surface area contributed by atoms with Crippen molar-refractivity contribution in [1.29, 1.82) is 0 Å². The van der Waals surface area contributed by atoms with Crippen LogP contribution in [0.5, 0.6) is 0 Å². The zero-order valence-corrected chi connectivity index (χ0v) is 16.7. The average Bonchev–Trinajstić information content (AvgIpc) is 2.66. The van der Waals surface area contributed by atoms with Gasteiger partial charge in [0.05, 0.1) is 0 Å². The Morgan fingerprint density at radius 3 is 1.68 bits per heavy atom. The van der Waals surface area contributed by atoms with Crippen molar-refractivity contribution in [3.63, 3.8) is 0 Å². The van der Waals surface area contributed by atoms with Gasteiger partial charge in [-0.05, 0) is 46.1 Å². The molecule has 0 saturated carbocycles.